The topological polar surface area (TPSA) is 23.2 Å². The second-order valence-electron chi connectivity index (χ2n) is 4.07. The number of hydrogen-bond donors (Lipinski definition) is 1. The summed E-state index contributed by atoms with van der Waals surface area (Å²) in [6, 6.07) is 17.7. The molecule has 2 rings (SSSR count). The van der Waals surface area contributed by atoms with E-state index < -0.39 is 0 Å². The van der Waals surface area contributed by atoms with Gasteiger partial charge in [0.15, 0.2) is 0 Å². The van der Waals surface area contributed by atoms with Gasteiger partial charge in [-0.3, -0.25) is 0 Å². The van der Waals surface area contributed by atoms with Crippen molar-refractivity contribution in [2.24, 2.45) is 0 Å². The minimum atomic E-state index is 0.836. The van der Waals surface area contributed by atoms with Gasteiger partial charge >= 0.3 is 0 Å². The first-order valence-corrected chi connectivity index (χ1v) is 5.64. The summed E-state index contributed by atoms with van der Waals surface area (Å²) in [4.78, 5) is 3.27. The van der Waals surface area contributed by atoms with Crippen LogP contribution >= 0.6 is 0 Å². The van der Waals surface area contributed by atoms with Gasteiger partial charge in [-0.05, 0) is 18.2 Å². The van der Waals surface area contributed by atoms with Gasteiger partial charge in [-0.25, -0.2) is 4.99 Å². The van der Waals surface area contributed by atoms with Crippen molar-refractivity contribution in [3.63, 3.8) is 0 Å². The summed E-state index contributed by atoms with van der Waals surface area (Å²) in [5, 5.41) is 0. The Morgan fingerprint density at radius 2 is 1.59 bits per heavy atom. The summed E-state index contributed by atoms with van der Waals surface area (Å²) >= 11 is 0. The SMILES string of the molecule is CC(C)=[NH+]c1cccc(Oc2ccccc2)c1. The molecule has 0 saturated heterocycles. The molecular formula is C15H16NO+. The Balaban J connectivity index is 2.20. The molecule has 0 amide bonds. The van der Waals surface area contributed by atoms with Crippen molar-refractivity contribution in [3.8, 4) is 11.5 Å². The maximum atomic E-state index is 5.75. The van der Waals surface area contributed by atoms with E-state index >= 15 is 0 Å². The Bertz CT molecular complexity index is 513. The van der Waals surface area contributed by atoms with E-state index in [1.165, 1.54) is 0 Å². The molecule has 0 radical (unpaired) electrons. The lowest BCUT2D eigenvalue weighted by Crippen LogP contribution is -2.64. The molecule has 0 unspecified atom stereocenters. The standard InChI is InChI=1S/C15H15NO/c1-12(2)16-13-7-6-10-15(11-13)17-14-8-4-3-5-9-14/h3-11H,1-2H3/p+1. The van der Waals surface area contributed by atoms with Gasteiger partial charge < -0.3 is 4.74 Å². The van der Waals surface area contributed by atoms with Gasteiger partial charge in [0.25, 0.3) is 0 Å². The quantitative estimate of drug-likeness (QED) is 0.799. The first-order chi connectivity index (χ1) is 8.24. The minimum Gasteiger partial charge on any atom is -0.457 e. The van der Waals surface area contributed by atoms with Crippen molar-refractivity contribution < 1.29 is 9.73 Å². The van der Waals surface area contributed by atoms with Crippen molar-refractivity contribution in [1.29, 1.82) is 0 Å². The van der Waals surface area contributed by atoms with Crippen LogP contribution in [0.25, 0.3) is 0 Å². The molecule has 0 spiro atoms. The van der Waals surface area contributed by atoms with Gasteiger partial charge in [0.1, 0.15) is 17.2 Å². The maximum absolute atomic E-state index is 5.75. The Morgan fingerprint density at radius 1 is 0.882 bits per heavy atom. The fourth-order valence-electron chi connectivity index (χ4n) is 1.55. The summed E-state index contributed by atoms with van der Waals surface area (Å²) < 4.78 is 5.75. The predicted octanol–water partition coefficient (Wildman–Crippen LogP) is 2.67. The average molecular weight is 226 g/mol. The van der Waals surface area contributed by atoms with E-state index in [9.17, 15) is 0 Å². The first kappa shape index (κ1) is 11.4. The van der Waals surface area contributed by atoms with Crippen LogP contribution in [0.2, 0.25) is 0 Å². The van der Waals surface area contributed by atoms with Gasteiger partial charge in [0.2, 0.25) is 5.69 Å². The van der Waals surface area contributed by atoms with Crippen LogP contribution in [0.4, 0.5) is 5.69 Å². The molecule has 0 fully saturated rings. The van der Waals surface area contributed by atoms with Crippen molar-refractivity contribution in [3.05, 3.63) is 54.6 Å². The molecule has 1 N–H and O–H groups in total. The molecular weight excluding hydrogens is 210 g/mol. The Morgan fingerprint density at radius 3 is 2.29 bits per heavy atom. The smallest absolute Gasteiger partial charge is 0.207 e. The minimum absolute atomic E-state index is 0.836. The molecule has 0 aliphatic rings. The Kier molecular flexibility index (Phi) is 3.55. The number of ether oxygens (including phenoxy) is 1. The molecule has 2 aromatic carbocycles. The monoisotopic (exact) mass is 226 g/mol. The lowest BCUT2D eigenvalue weighted by atomic mass is 10.3. The molecule has 0 saturated carbocycles. The van der Waals surface area contributed by atoms with Crippen molar-refractivity contribution in [2.45, 2.75) is 13.8 Å². The van der Waals surface area contributed by atoms with Gasteiger partial charge in [-0.1, -0.05) is 24.3 Å². The molecule has 0 aromatic heterocycles. The zero-order valence-electron chi connectivity index (χ0n) is 10.1. The molecule has 2 aromatic rings. The number of benzene rings is 2. The van der Waals surface area contributed by atoms with Crippen LogP contribution in [0.15, 0.2) is 54.6 Å². The number of rotatable bonds is 3. The number of para-hydroxylation sites is 1. The Hall–Kier alpha value is -2.09. The molecule has 86 valence electrons. The lowest BCUT2D eigenvalue weighted by molar-refractivity contribution is -0.354. The maximum Gasteiger partial charge on any atom is 0.207 e. The molecule has 2 nitrogen and oxygen atoms in total. The second-order valence-corrected chi connectivity index (χ2v) is 4.07. The van der Waals surface area contributed by atoms with Crippen LogP contribution in [0.5, 0.6) is 11.5 Å². The molecule has 0 bridgehead atoms. The summed E-state index contributed by atoms with van der Waals surface area (Å²) in [7, 11) is 0. The van der Waals surface area contributed by atoms with Crippen molar-refractivity contribution in [2.75, 3.05) is 0 Å². The van der Waals surface area contributed by atoms with Gasteiger partial charge in [-0.15, -0.1) is 0 Å². The molecule has 17 heavy (non-hydrogen) atoms. The van der Waals surface area contributed by atoms with E-state index in [1.54, 1.807) is 0 Å². The fourth-order valence-corrected chi connectivity index (χ4v) is 1.55. The number of hydrogen-bond acceptors (Lipinski definition) is 1. The van der Waals surface area contributed by atoms with Gasteiger partial charge in [0, 0.05) is 19.9 Å². The highest BCUT2D eigenvalue weighted by Crippen LogP contribution is 2.21. The highest BCUT2D eigenvalue weighted by molar-refractivity contribution is 5.73. The molecule has 0 atom stereocenters. The highest BCUT2D eigenvalue weighted by atomic mass is 16.5. The Labute approximate surface area is 102 Å². The van der Waals surface area contributed by atoms with Crippen molar-refractivity contribution in [1.82, 2.24) is 0 Å². The van der Waals surface area contributed by atoms with E-state index in [0.717, 1.165) is 22.9 Å². The molecule has 0 aliphatic heterocycles. The van der Waals surface area contributed by atoms with Crippen LogP contribution < -0.4 is 9.73 Å². The molecule has 0 heterocycles. The van der Waals surface area contributed by atoms with E-state index in [1.807, 2.05) is 68.4 Å². The van der Waals surface area contributed by atoms with Crippen LogP contribution in [-0.4, -0.2) is 5.71 Å². The van der Waals surface area contributed by atoms with Crippen molar-refractivity contribution >= 4 is 11.4 Å². The van der Waals surface area contributed by atoms with E-state index in [2.05, 4.69) is 4.99 Å². The summed E-state index contributed by atoms with van der Waals surface area (Å²) in [6.07, 6.45) is 0. The van der Waals surface area contributed by atoms with E-state index in [4.69, 9.17) is 4.74 Å². The lowest BCUT2D eigenvalue weighted by Gasteiger charge is -2.04. The third-order valence-corrected chi connectivity index (χ3v) is 2.21. The fraction of sp³-hybridized carbons (Fsp3) is 0.133. The second kappa shape index (κ2) is 5.30. The van der Waals surface area contributed by atoms with Crippen LogP contribution in [-0.2, 0) is 0 Å². The normalized spacial score (nSPS) is 9.76. The highest BCUT2D eigenvalue weighted by Gasteiger charge is 2.01. The van der Waals surface area contributed by atoms with E-state index in [-0.39, 0.29) is 0 Å². The summed E-state index contributed by atoms with van der Waals surface area (Å²) in [5.41, 5.74) is 2.19. The summed E-state index contributed by atoms with van der Waals surface area (Å²) in [5.74, 6) is 1.68. The van der Waals surface area contributed by atoms with Crippen LogP contribution in [0.1, 0.15) is 13.8 Å². The largest absolute Gasteiger partial charge is 0.457 e. The average Bonchev–Trinajstić information content (AvgIpc) is 2.30. The van der Waals surface area contributed by atoms with Gasteiger partial charge in [0.05, 0.1) is 6.07 Å². The van der Waals surface area contributed by atoms with Crippen LogP contribution in [0.3, 0.4) is 0 Å². The molecule has 0 aliphatic carbocycles. The van der Waals surface area contributed by atoms with E-state index in [0.29, 0.717) is 0 Å². The van der Waals surface area contributed by atoms with Crippen LogP contribution in [0, 0.1) is 0 Å². The molecule has 2 heteroatoms. The first-order valence-electron chi connectivity index (χ1n) is 5.64. The summed E-state index contributed by atoms with van der Waals surface area (Å²) in [6.45, 7) is 4.06. The third kappa shape index (κ3) is 3.45. The number of nitrogens with one attached hydrogen (secondary N) is 1. The predicted molar refractivity (Wildman–Crippen MR) is 69.9 cm³/mol. The third-order valence-electron chi connectivity index (χ3n) is 2.21. The zero-order valence-corrected chi connectivity index (χ0v) is 10.1. The van der Waals surface area contributed by atoms with Gasteiger partial charge in [-0.2, -0.15) is 0 Å². The zero-order chi connectivity index (χ0) is 12.1.